The van der Waals surface area contributed by atoms with Gasteiger partial charge in [0.15, 0.2) is 6.61 Å². The van der Waals surface area contributed by atoms with Gasteiger partial charge in [0.2, 0.25) is 0 Å². The van der Waals surface area contributed by atoms with E-state index in [-0.39, 0.29) is 12.3 Å². The predicted octanol–water partition coefficient (Wildman–Crippen LogP) is 3.50. The van der Waals surface area contributed by atoms with E-state index in [1.54, 1.807) is 12.1 Å². The van der Waals surface area contributed by atoms with Crippen LogP contribution < -0.4 is 10.2 Å². The van der Waals surface area contributed by atoms with Crippen molar-refractivity contribution in [3.8, 4) is 5.75 Å². The number of carbonyl (C=O) groups excluding carboxylic acids is 1. The van der Waals surface area contributed by atoms with Crippen molar-refractivity contribution in [2.45, 2.75) is 13.8 Å². The molecule has 0 aliphatic rings. The lowest BCUT2D eigenvalue weighted by atomic mass is 10.1. The fraction of sp³-hybridized carbons (Fsp3) is 0.176. The molecular formula is C17H16BrN3O4. The minimum absolute atomic E-state index is 0.0755. The molecule has 0 atom stereocenters. The van der Waals surface area contributed by atoms with Gasteiger partial charge in [-0.2, -0.15) is 5.10 Å². The van der Waals surface area contributed by atoms with E-state index in [0.29, 0.717) is 15.8 Å². The Labute approximate surface area is 153 Å². The Morgan fingerprint density at radius 3 is 2.60 bits per heavy atom. The SMILES string of the molecule is Cc1cc(C)cc(OCC(=O)NN=Cc2ccc(Br)c([N+](=O)[O-])c2)c1. The molecule has 0 aliphatic carbocycles. The Bertz CT molecular complexity index is 816. The van der Waals surface area contributed by atoms with Crippen LogP contribution in [-0.4, -0.2) is 23.7 Å². The average molecular weight is 406 g/mol. The Hall–Kier alpha value is -2.74. The summed E-state index contributed by atoms with van der Waals surface area (Å²) in [7, 11) is 0. The summed E-state index contributed by atoms with van der Waals surface area (Å²) in [6.07, 6.45) is 1.33. The van der Waals surface area contributed by atoms with E-state index in [0.717, 1.165) is 11.1 Å². The van der Waals surface area contributed by atoms with Crippen molar-refractivity contribution in [3.05, 3.63) is 67.7 Å². The van der Waals surface area contributed by atoms with E-state index in [9.17, 15) is 14.9 Å². The second-order valence-corrected chi connectivity index (χ2v) is 6.23. The normalized spacial score (nSPS) is 10.7. The topological polar surface area (TPSA) is 93.8 Å². The molecule has 1 N–H and O–H groups in total. The lowest BCUT2D eigenvalue weighted by Crippen LogP contribution is -2.24. The predicted molar refractivity (Wildman–Crippen MR) is 97.9 cm³/mol. The third-order valence-corrected chi connectivity index (χ3v) is 3.81. The largest absolute Gasteiger partial charge is 0.484 e. The number of ether oxygens (including phenoxy) is 1. The van der Waals surface area contributed by atoms with E-state index in [2.05, 4.69) is 26.5 Å². The summed E-state index contributed by atoms with van der Waals surface area (Å²) in [5.74, 6) is 0.183. The van der Waals surface area contributed by atoms with E-state index in [1.165, 1.54) is 12.3 Å². The van der Waals surface area contributed by atoms with Crippen LogP contribution in [-0.2, 0) is 4.79 Å². The third-order valence-electron chi connectivity index (χ3n) is 3.13. The van der Waals surface area contributed by atoms with Crippen LogP contribution in [0, 0.1) is 24.0 Å². The number of nitro groups is 1. The number of amides is 1. The highest BCUT2D eigenvalue weighted by molar-refractivity contribution is 9.10. The molecule has 2 aromatic rings. The highest BCUT2D eigenvalue weighted by atomic mass is 79.9. The summed E-state index contributed by atoms with van der Waals surface area (Å²) < 4.78 is 5.79. The van der Waals surface area contributed by atoms with Gasteiger partial charge in [0.1, 0.15) is 5.75 Å². The summed E-state index contributed by atoms with van der Waals surface area (Å²) in [6, 6.07) is 10.2. The van der Waals surface area contributed by atoms with Crippen LogP contribution in [0.1, 0.15) is 16.7 Å². The highest BCUT2D eigenvalue weighted by Gasteiger charge is 2.11. The maximum absolute atomic E-state index is 11.7. The van der Waals surface area contributed by atoms with Gasteiger partial charge in [-0.3, -0.25) is 14.9 Å². The van der Waals surface area contributed by atoms with Crippen LogP contribution in [0.5, 0.6) is 5.75 Å². The van der Waals surface area contributed by atoms with Crippen molar-refractivity contribution < 1.29 is 14.5 Å². The van der Waals surface area contributed by atoms with Gasteiger partial charge in [-0.1, -0.05) is 12.1 Å². The Morgan fingerprint density at radius 1 is 1.28 bits per heavy atom. The molecule has 0 fully saturated rings. The van der Waals surface area contributed by atoms with Crippen molar-refractivity contribution in [2.24, 2.45) is 5.10 Å². The van der Waals surface area contributed by atoms with Gasteiger partial charge in [0.05, 0.1) is 15.6 Å². The minimum atomic E-state index is -0.502. The number of hydrogen-bond acceptors (Lipinski definition) is 5. The summed E-state index contributed by atoms with van der Waals surface area (Å²) in [4.78, 5) is 22.1. The fourth-order valence-electron chi connectivity index (χ4n) is 2.13. The molecule has 1 amide bonds. The molecule has 2 aromatic carbocycles. The first-order valence-corrected chi connectivity index (χ1v) is 8.11. The number of hydrogen-bond donors (Lipinski definition) is 1. The molecule has 7 nitrogen and oxygen atoms in total. The number of nitrogens with one attached hydrogen (secondary N) is 1. The molecule has 0 saturated carbocycles. The molecule has 0 unspecified atom stereocenters. The van der Waals surface area contributed by atoms with Crippen LogP contribution in [0.25, 0.3) is 0 Å². The first kappa shape index (κ1) is 18.6. The van der Waals surface area contributed by atoms with E-state index in [4.69, 9.17) is 4.74 Å². The summed E-state index contributed by atoms with van der Waals surface area (Å²) >= 11 is 3.10. The molecule has 0 heterocycles. The van der Waals surface area contributed by atoms with E-state index < -0.39 is 10.8 Å². The first-order valence-electron chi connectivity index (χ1n) is 7.32. The highest BCUT2D eigenvalue weighted by Crippen LogP contribution is 2.24. The van der Waals surface area contributed by atoms with E-state index >= 15 is 0 Å². The second kappa shape index (κ2) is 8.39. The smallest absolute Gasteiger partial charge is 0.284 e. The molecule has 130 valence electrons. The monoisotopic (exact) mass is 405 g/mol. The zero-order valence-corrected chi connectivity index (χ0v) is 15.2. The van der Waals surface area contributed by atoms with Gasteiger partial charge >= 0.3 is 0 Å². The number of benzene rings is 2. The van der Waals surface area contributed by atoms with Crippen LogP contribution in [0.3, 0.4) is 0 Å². The minimum Gasteiger partial charge on any atom is -0.484 e. The maximum atomic E-state index is 11.7. The lowest BCUT2D eigenvalue weighted by molar-refractivity contribution is -0.385. The first-order chi connectivity index (χ1) is 11.8. The number of aryl methyl sites for hydroxylation is 2. The zero-order chi connectivity index (χ0) is 18.4. The van der Waals surface area contributed by atoms with Gasteiger partial charge in [-0.15, -0.1) is 0 Å². The number of nitrogens with zero attached hydrogens (tertiary/aromatic N) is 2. The van der Waals surface area contributed by atoms with Crippen molar-refractivity contribution in [1.29, 1.82) is 0 Å². The number of halogens is 1. The summed E-state index contributed by atoms with van der Waals surface area (Å²) in [5.41, 5.74) is 4.83. The molecule has 0 bridgehead atoms. The molecule has 0 radical (unpaired) electrons. The van der Waals surface area contributed by atoms with Gasteiger partial charge in [0.25, 0.3) is 11.6 Å². The van der Waals surface area contributed by atoms with Gasteiger partial charge in [0, 0.05) is 11.6 Å². The van der Waals surface area contributed by atoms with Gasteiger partial charge in [-0.25, -0.2) is 5.43 Å². The molecule has 25 heavy (non-hydrogen) atoms. The maximum Gasteiger partial charge on any atom is 0.284 e. The Morgan fingerprint density at radius 2 is 1.96 bits per heavy atom. The zero-order valence-electron chi connectivity index (χ0n) is 13.7. The Balaban J connectivity index is 1.90. The molecule has 0 aliphatic heterocycles. The molecule has 0 aromatic heterocycles. The number of hydrazone groups is 1. The average Bonchev–Trinajstić information content (AvgIpc) is 2.53. The van der Waals surface area contributed by atoms with Crippen molar-refractivity contribution in [1.82, 2.24) is 5.43 Å². The molecular weight excluding hydrogens is 390 g/mol. The van der Waals surface area contributed by atoms with Crippen LogP contribution in [0.4, 0.5) is 5.69 Å². The molecule has 0 saturated heterocycles. The number of carbonyl (C=O) groups is 1. The summed E-state index contributed by atoms with van der Waals surface area (Å²) in [5, 5.41) is 14.6. The van der Waals surface area contributed by atoms with Crippen LogP contribution in [0.15, 0.2) is 46.0 Å². The second-order valence-electron chi connectivity index (χ2n) is 5.37. The molecule has 0 spiro atoms. The molecule has 2 rings (SSSR count). The van der Waals surface area contributed by atoms with Crippen LogP contribution >= 0.6 is 15.9 Å². The third kappa shape index (κ3) is 5.68. The fourth-order valence-corrected chi connectivity index (χ4v) is 2.52. The quantitative estimate of drug-likeness (QED) is 0.451. The number of rotatable bonds is 6. The lowest BCUT2D eigenvalue weighted by Gasteiger charge is -2.07. The van der Waals surface area contributed by atoms with Gasteiger partial charge < -0.3 is 4.74 Å². The summed E-state index contributed by atoms with van der Waals surface area (Å²) in [6.45, 7) is 3.71. The van der Waals surface area contributed by atoms with Gasteiger partial charge in [-0.05, 0) is 59.1 Å². The van der Waals surface area contributed by atoms with Crippen LogP contribution in [0.2, 0.25) is 0 Å². The van der Waals surface area contributed by atoms with Crippen molar-refractivity contribution >= 4 is 33.7 Å². The van der Waals surface area contributed by atoms with E-state index in [1.807, 2.05) is 32.0 Å². The molecule has 8 heteroatoms. The number of nitro benzene ring substituents is 1. The van der Waals surface area contributed by atoms with Crippen molar-refractivity contribution in [3.63, 3.8) is 0 Å². The standard InChI is InChI=1S/C17H16BrN3O4/c1-11-5-12(2)7-14(6-11)25-10-17(22)20-19-9-13-3-4-15(18)16(8-13)21(23)24/h3-9H,10H2,1-2H3,(H,20,22). The van der Waals surface area contributed by atoms with Crippen molar-refractivity contribution in [2.75, 3.05) is 6.61 Å². The Kier molecular flexibility index (Phi) is 6.24.